The number of hydrogen-bond acceptors (Lipinski definition) is 6. The lowest BCUT2D eigenvalue weighted by Gasteiger charge is -2.19. The number of ether oxygens (including phenoxy) is 3. The van der Waals surface area contributed by atoms with Gasteiger partial charge >= 0.3 is 0 Å². The van der Waals surface area contributed by atoms with E-state index in [4.69, 9.17) is 14.2 Å². The predicted molar refractivity (Wildman–Crippen MR) is 112 cm³/mol. The van der Waals surface area contributed by atoms with Crippen LogP contribution in [0.2, 0.25) is 0 Å². The highest BCUT2D eigenvalue weighted by Crippen LogP contribution is 2.28. The van der Waals surface area contributed by atoms with Crippen molar-refractivity contribution in [1.82, 2.24) is 14.9 Å². The number of rotatable bonds is 8. The Morgan fingerprint density at radius 3 is 2.28 bits per heavy atom. The van der Waals surface area contributed by atoms with Gasteiger partial charge in [-0.15, -0.1) is 10.2 Å². The minimum Gasteiger partial charge on any atom is -0.493 e. The van der Waals surface area contributed by atoms with Gasteiger partial charge in [-0.3, -0.25) is 0 Å². The molecule has 1 heterocycles. The van der Waals surface area contributed by atoms with E-state index in [9.17, 15) is 0 Å². The van der Waals surface area contributed by atoms with E-state index in [1.807, 2.05) is 30.3 Å². The van der Waals surface area contributed by atoms with Gasteiger partial charge in [0.05, 0.1) is 13.3 Å². The van der Waals surface area contributed by atoms with E-state index in [1.54, 1.807) is 13.3 Å². The van der Waals surface area contributed by atoms with E-state index >= 15 is 0 Å². The summed E-state index contributed by atoms with van der Waals surface area (Å²) in [5, 5.41) is 11.6. The molecule has 0 aliphatic heterocycles. The normalized spacial score (nSPS) is 11.6. The third-order valence-corrected chi connectivity index (χ3v) is 4.26. The molecule has 0 unspecified atom stereocenters. The molecule has 0 saturated carbocycles. The molecule has 2 aromatic carbocycles. The van der Waals surface area contributed by atoms with Gasteiger partial charge in [0.2, 0.25) is 0 Å². The zero-order valence-corrected chi connectivity index (χ0v) is 17.2. The van der Waals surface area contributed by atoms with E-state index < -0.39 is 0 Å². The standard InChI is InChI=1S/C22H26N4O3/c1-22(2,3)18-6-8-19(9-7-18)28-11-12-29-20-10-5-17(13-21(20)27-4)14-25-26-15-23-24-16-26/h5-10,13-16H,11-12H2,1-4H3/b25-14+. The largest absolute Gasteiger partial charge is 0.493 e. The number of aromatic nitrogens is 3. The summed E-state index contributed by atoms with van der Waals surface area (Å²) in [6.45, 7) is 7.42. The molecule has 0 radical (unpaired) electrons. The molecule has 3 aromatic rings. The summed E-state index contributed by atoms with van der Waals surface area (Å²) < 4.78 is 18.5. The minimum atomic E-state index is 0.130. The van der Waals surface area contributed by atoms with Crippen LogP contribution >= 0.6 is 0 Å². The second-order valence-electron chi connectivity index (χ2n) is 7.47. The molecule has 29 heavy (non-hydrogen) atoms. The van der Waals surface area contributed by atoms with Gasteiger partial charge < -0.3 is 14.2 Å². The zero-order valence-electron chi connectivity index (χ0n) is 17.2. The average molecular weight is 394 g/mol. The summed E-state index contributed by atoms with van der Waals surface area (Å²) in [4.78, 5) is 0. The lowest BCUT2D eigenvalue weighted by atomic mass is 9.87. The fraction of sp³-hybridized carbons (Fsp3) is 0.318. The molecule has 0 N–H and O–H groups in total. The van der Waals surface area contributed by atoms with Gasteiger partial charge in [-0.1, -0.05) is 32.9 Å². The Hall–Kier alpha value is -3.35. The van der Waals surface area contributed by atoms with E-state index in [0.29, 0.717) is 24.7 Å². The smallest absolute Gasteiger partial charge is 0.161 e. The zero-order chi connectivity index (χ0) is 20.7. The first-order chi connectivity index (χ1) is 14.0. The van der Waals surface area contributed by atoms with Crippen LogP contribution in [-0.2, 0) is 5.41 Å². The fourth-order valence-electron chi connectivity index (χ4n) is 2.63. The van der Waals surface area contributed by atoms with Crippen LogP contribution in [0.5, 0.6) is 17.2 Å². The molecule has 7 heteroatoms. The summed E-state index contributed by atoms with van der Waals surface area (Å²) >= 11 is 0. The summed E-state index contributed by atoms with van der Waals surface area (Å²) in [6.07, 6.45) is 4.73. The Morgan fingerprint density at radius 2 is 1.62 bits per heavy atom. The van der Waals surface area contributed by atoms with Crippen molar-refractivity contribution in [3.05, 3.63) is 66.2 Å². The van der Waals surface area contributed by atoms with Crippen LogP contribution < -0.4 is 14.2 Å². The van der Waals surface area contributed by atoms with E-state index in [-0.39, 0.29) is 5.41 Å². The molecule has 0 amide bonds. The summed E-state index contributed by atoms with van der Waals surface area (Å²) in [7, 11) is 1.61. The van der Waals surface area contributed by atoms with Crippen LogP contribution in [0.4, 0.5) is 0 Å². The maximum atomic E-state index is 5.81. The lowest BCUT2D eigenvalue weighted by Crippen LogP contribution is -2.12. The maximum Gasteiger partial charge on any atom is 0.161 e. The van der Waals surface area contributed by atoms with Crippen LogP contribution in [0.25, 0.3) is 0 Å². The van der Waals surface area contributed by atoms with Crippen LogP contribution in [-0.4, -0.2) is 41.4 Å². The molecule has 152 valence electrons. The highest BCUT2D eigenvalue weighted by molar-refractivity contribution is 5.80. The van der Waals surface area contributed by atoms with Gasteiger partial charge in [0.25, 0.3) is 0 Å². The topological polar surface area (TPSA) is 70.8 Å². The maximum absolute atomic E-state index is 5.81. The molecule has 3 rings (SSSR count). The second kappa shape index (κ2) is 9.23. The van der Waals surface area contributed by atoms with Gasteiger partial charge in [-0.25, -0.2) is 4.68 Å². The van der Waals surface area contributed by atoms with E-state index in [2.05, 4.69) is 48.2 Å². The van der Waals surface area contributed by atoms with Gasteiger partial charge in [-0.2, -0.15) is 5.10 Å². The Bertz CT molecular complexity index is 930. The molecule has 0 aliphatic carbocycles. The summed E-state index contributed by atoms with van der Waals surface area (Å²) in [6, 6.07) is 13.8. The third kappa shape index (κ3) is 5.81. The van der Waals surface area contributed by atoms with E-state index in [1.165, 1.54) is 22.9 Å². The van der Waals surface area contributed by atoms with Crippen molar-refractivity contribution in [2.24, 2.45) is 5.10 Å². The Morgan fingerprint density at radius 1 is 0.931 bits per heavy atom. The van der Waals surface area contributed by atoms with E-state index in [0.717, 1.165) is 11.3 Å². The van der Waals surface area contributed by atoms with Crippen LogP contribution in [0.15, 0.2) is 60.2 Å². The van der Waals surface area contributed by atoms with Crippen molar-refractivity contribution >= 4 is 6.21 Å². The molecule has 0 spiro atoms. The number of nitrogens with zero attached hydrogens (tertiary/aromatic N) is 4. The molecule has 1 aromatic heterocycles. The quantitative estimate of drug-likeness (QED) is 0.428. The highest BCUT2D eigenvalue weighted by Gasteiger charge is 2.13. The highest BCUT2D eigenvalue weighted by atomic mass is 16.5. The van der Waals surface area contributed by atoms with Crippen molar-refractivity contribution in [3.8, 4) is 17.2 Å². The molecular weight excluding hydrogens is 368 g/mol. The molecule has 0 saturated heterocycles. The Balaban J connectivity index is 1.52. The monoisotopic (exact) mass is 394 g/mol. The van der Waals surface area contributed by atoms with Crippen LogP contribution in [0.1, 0.15) is 31.9 Å². The molecule has 0 aliphatic rings. The van der Waals surface area contributed by atoms with Gasteiger partial charge in [0.1, 0.15) is 31.6 Å². The number of benzene rings is 2. The fourth-order valence-corrected chi connectivity index (χ4v) is 2.63. The van der Waals surface area contributed by atoms with Crippen molar-refractivity contribution in [1.29, 1.82) is 0 Å². The minimum absolute atomic E-state index is 0.130. The third-order valence-electron chi connectivity index (χ3n) is 4.26. The molecular formula is C22H26N4O3. The van der Waals surface area contributed by atoms with Crippen LogP contribution in [0.3, 0.4) is 0 Å². The van der Waals surface area contributed by atoms with Crippen LogP contribution in [0, 0.1) is 0 Å². The molecule has 0 fully saturated rings. The number of methoxy groups -OCH3 is 1. The van der Waals surface area contributed by atoms with Gasteiger partial charge in [-0.05, 0) is 46.9 Å². The first kappa shape index (κ1) is 20.4. The molecule has 0 atom stereocenters. The van der Waals surface area contributed by atoms with Crippen molar-refractivity contribution in [2.45, 2.75) is 26.2 Å². The lowest BCUT2D eigenvalue weighted by molar-refractivity contribution is 0.211. The summed E-state index contributed by atoms with van der Waals surface area (Å²) in [5.41, 5.74) is 2.28. The SMILES string of the molecule is COc1cc(/C=N/n2cnnc2)ccc1OCCOc1ccc(C(C)(C)C)cc1. The first-order valence-electron chi connectivity index (χ1n) is 9.39. The predicted octanol–water partition coefficient (Wildman–Crippen LogP) is 3.92. The van der Waals surface area contributed by atoms with Crippen molar-refractivity contribution in [3.63, 3.8) is 0 Å². The Labute approximate surface area is 170 Å². The second-order valence-corrected chi connectivity index (χ2v) is 7.47. The Kier molecular flexibility index (Phi) is 6.49. The number of hydrogen-bond donors (Lipinski definition) is 0. The molecule has 7 nitrogen and oxygen atoms in total. The average Bonchev–Trinajstić information content (AvgIpc) is 3.23. The first-order valence-corrected chi connectivity index (χ1v) is 9.39. The van der Waals surface area contributed by atoms with Gasteiger partial charge in [0.15, 0.2) is 11.5 Å². The van der Waals surface area contributed by atoms with Gasteiger partial charge in [0, 0.05) is 0 Å². The molecule has 0 bridgehead atoms. The summed E-state index contributed by atoms with van der Waals surface area (Å²) in [5.74, 6) is 2.11. The van der Waals surface area contributed by atoms with Crippen molar-refractivity contribution in [2.75, 3.05) is 20.3 Å². The van der Waals surface area contributed by atoms with Crippen molar-refractivity contribution < 1.29 is 14.2 Å².